The molecule has 2 aromatic carbocycles. The van der Waals surface area contributed by atoms with Gasteiger partial charge in [-0.15, -0.1) is 0 Å². The van der Waals surface area contributed by atoms with Crippen LogP contribution in [-0.2, 0) is 16.4 Å². The maximum atomic E-state index is 12.2. The predicted octanol–water partition coefficient (Wildman–Crippen LogP) is 1.97. The summed E-state index contributed by atoms with van der Waals surface area (Å²) in [6.45, 7) is 0.800. The molecule has 146 valence electrons. The van der Waals surface area contributed by atoms with E-state index in [2.05, 4.69) is 10.3 Å². The minimum Gasteiger partial charge on any atom is -0.493 e. The van der Waals surface area contributed by atoms with Crippen LogP contribution in [0.2, 0.25) is 0 Å². The number of ether oxygens (including phenoxy) is 2. The lowest BCUT2D eigenvalue weighted by atomic mass is 10.2. The van der Waals surface area contributed by atoms with Crippen LogP contribution in [0.3, 0.4) is 0 Å². The number of nitrogens with one attached hydrogen (secondary N) is 1. The van der Waals surface area contributed by atoms with Gasteiger partial charge in [0.25, 0.3) is 0 Å². The van der Waals surface area contributed by atoms with E-state index in [1.165, 1.54) is 0 Å². The second-order valence-electron chi connectivity index (χ2n) is 5.80. The smallest absolute Gasteiger partial charge is 0.188 e. The van der Waals surface area contributed by atoms with E-state index in [0.29, 0.717) is 35.9 Å². The minimum absolute atomic E-state index is 0.0486. The number of rotatable bonds is 9. The lowest BCUT2D eigenvalue weighted by Gasteiger charge is -2.09. The average Bonchev–Trinajstić information content (AvgIpc) is 2.70. The molecule has 2 rings (SSSR count). The Kier molecular flexibility index (Phi) is 7.48. The molecule has 0 saturated carbocycles. The Bertz CT molecular complexity index is 868. The molecule has 0 radical (unpaired) electrons. The number of benzene rings is 2. The van der Waals surface area contributed by atoms with E-state index >= 15 is 0 Å². The van der Waals surface area contributed by atoms with Crippen LogP contribution in [0, 0.1) is 0 Å². The van der Waals surface area contributed by atoms with E-state index in [4.69, 9.17) is 15.2 Å². The molecule has 0 unspecified atom stereocenters. The van der Waals surface area contributed by atoms with Crippen LogP contribution in [0.4, 0.5) is 0 Å². The number of aliphatic imine (C=N–C) groups is 1. The second kappa shape index (κ2) is 9.82. The lowest BCUT2D eigenvalue weighted by molar-refractivity contribution is 0.354. The molecule has 0 aliphatic carbocycles. The zero-order valence-electron chi connectivity index (χ0n) is 15.5. The quantitative estimate of drug-likeness (QED) is 0.385. The molecule has 0 heterocycles. The van der Waals surface area contributed by atoms with Crippen LogP contribution in [0.15, 0.2) is 58.4 Å². The summed E-state index contributed by atoms with van der Waals surface area (Å²) in [5.41, 5.74) is 6.76. The van der Waals surface area contributed by atoms with Gasteiger partial charge in [0.1, 0.15) is 0 Å². The van der Waals surface area contributed by atoms with Crippen LogP contribution in [0.25, 0.3) is 0 Å². The van der Waals surface area contributed by atoms with Gasteiger partial charge in [0, 0.05) is 6.54 Å². The van der Waals surface area contributed by atoms with Gasteiger partial charge in [-0.3, -0.25) is 0 Å². The van der Waals surface area contributed by atoms with Gasteiger partial charge in [-0.25, -0.2) is 13.4 Å². The van der Waals surface area contributed by atoms with Crippen molar-refractivity contribution in [2.45, 2.75) is 17.9 Å². The first-order valence-corrected chi connectivity index (χ1v) is 10.1. The number of sulfone groups is 1. The van der Waals surface area contributed by atoms with Gasteiger partial charge in [-0.2, -0.15) is 0 Å². The highest BCUT2D eigenvalue weighted by Crippen LogP contribution is 2.27. The van der Waals surface area contributed by atoms with E-state index in [9.17, 15) is 8.42 Å². The molecular weight excluding hydrogens is 366 g/mol. The predicted molar refractivity (Wildman–Crippen MR) is 106 cm³/mol. The number of guanidine groups is 1. The number of nitrogens with two attached hydrogens (primary N) is 1. The number of hydrogen-bond donors (Lipinski definition) is 2. The molecule has 0 amide bonds. The molecule has 0 aromatic heterocycles. The van der Waals surface area contributed by atoms with Crippen molar-refractivity contribution in [3.63, 3.8) is 0 Å². The Balaban J connectivity index is 1.81. The Labute approximate surface area is 160 Å². The summed E-state index contributed by atoms with van der Waals surface area (Å²) in [5.74, 6) is 1.59. The molecule has 3 N–H and O–H groups in total. The van der Waals surface area contributed by atoms with Gasteiger partial charge < -0.3 is 20.5 Å². The van der Waals surface area contributed by atoms with Gasteiger partial charge >= 0.3 is 0 Å². The van der Waals surface area contributed by atoms with Crippen molar-refractivity contribution in [3.8, 4) is 11.5 Å². The maximum Gasteiger partial charge on any atom is 0.188 e. The summed E-state index contributed by atoms with van der Waals surface area (Å²) in [7, 11) is -0.122. The normalized spacial score (nSPS) is 11.9. The minimum atomic E-state index is -3.27. The Morgan fingerprint density at radius 1 is 1.07 bits per heavy atom. The van der Waals surface area contributed by atoms with E-state index in [1.54, 1.807) is 44.6 Å². The van der Waals surface area contributed by atoms with E-state index < -0.39 is 9.84 Å². The van der Waals surface area contributed by atoms with Crippen molar-refractivity contribution in [2.24, 2.45) is 10.7 Å². The summed E-state index contributed by atoms with van der Waals surface area (Å²) in [5, 5.41) is 2.94. The van der Waals surface area contributed by atoms with Crippen LogP contribution >= 0.6 is 0 Å². The first-order valence-electron chi connectivity index (χ1n) is 8.49. The molecule has 27 heavy (non-hydrogen) atoms. The average molecular weight is 391 g/mol. The van der Waals surface area contributed by atoms with Gasteiger partial charge in [-0.1, -0.05) is 24.3 Å². The van der Waals surface area contributed by atoms with E-state index in [0.717, 1.165) is 5.56 Å². The second-order valence-corrected chi connectivity index (χ2v) is 7.91. The van der Waals surface area contributed by atoms with Crippen molar-refractivity contribution in [1.29, 1.82) is 0 Å². The Morgan fingerprint density at radius 3 is 2.44 bits per heavy atom. The highest BCUT2D eigenvalue weighted by molar-refractivity contribution is 7.91. The molecule has 2 aromatic rings. The van der Waals surface area contributed by atoms with Crippen molar-refractivity contribution >= 4 is 15.8 Å². The van der Waals surface area contributed by atoms with Crippen LogP contribution < -0.4 is 20.5 Å². The summed E-state index contributed by atoms with van der Waals surface area (Å²) in [4.78, 5) is 4.59. The fourth-order valence-electron chi connectivity index (χ4n) is 2.44. The Morgan fingerprint density at radius 2 is 1.78 bits per heavy atom. The van der Waals surface area contributed by atoms with Gasteiger partial charge in [0.05, 0.1) is 31.4 Å². The van der Waals surface area contributed by atoms with Crippen LogP contribution in [0.1, 0.15) is 12.0 Å². The van der Waals surface area contributed by atoms with Gasteiger partial charge in [0.15, 0.2) is 27.3 Å². The van der Waals surface area contributed by atoms with E-state index in [1.807, 2.05) is 18.2 Å². The molecule has 0 saturated heterocycles. The molecule has 0 aliphatic rings. The van der Waals surface area contributed by atoms with E-state index in [-0.39, 0.29) is 11.7 Å². The monoisotopic (exact) mass is 391 g/mol. The molecular formula is C19H25N3O4S. The molecule has 8 heteroatoms. The third kappa shape index (κ3) is 6.18. The topological polar surface area (TPSA) is 103 Å². The highest BCUT2D eigenvalue weighted by Gasteiger charge is 2.12. The van der Waals surface area contributed by atoms with Crippen molar-refractivity contribution in [2.75, 3.05) is 26.5 Å². The summed E-state index contributed by atoms with van der Waals surface area (Å²) in [6, 6.07) is 13.9. The summed E-state index contributed by atoms with van der Waals surface area (Å²) >= 11 is 0. The molecule has 0 aliphatic heterocycles. The zero-order valence-corrected chi connectivity index (χ0v) is 16.3. The summed E-state index contributed by atoms with van der Waals surface area (Å²) < 4.78 is 34.8. The van der Waals surface area contributed by atoms with Crippen molar-refractivity contribution < 1.29 is 17.9 Å². The molecule has 0 atom stereocenters. The van der Waals surface area contributed by atoms with Crippen LogP contribution in [-0.4, -0.2) is 40.9 Å². The van der Waals surface area contributed by atoms with Gasteiger partial charge in [0.2, 0.25) is 0 Å². The molecule has 7 nitrogen and oxygen atoms in total. The fourth-order valence-corrected chi connectivity index (χ4v) is 3.77. The highest BCUT2D eigenvalue weighted by atomic mass is 32.2. The first kappa shape index (κ1) is 20.6. The third-order valence-electron chi connectivity index (χ3n) is 3.88. The molecule has 0 fully saturated rings. The largest absolute Gasteiger partial charge is 0.493 e. The van der Waals surface area contributed by atoms with Crippen LogP contribution in [0.5, 0.6) is 11.5 Å². The zero-order chi connectivity index (χ0) is 19.7. The molecule has 0 spiro atoms. The standard InChI is InChI=1S/C19H25N3O4S/c1-25-17-10-9-15(13-18(17)26-2)14-22-19(20)21-11-6-12-27(23,24)16-7-4-3-5-8-16/h3-5,7-10,13H,6,11-12,14H2,1-2H3,(H3,20,21,22). The Hall–Kier alpha value is -2.74. The summed E-state index contributed by atoms with van der Waals surface area (Å²) in [6.07, 6.45) is 0.434. The van der Waals surface area contributed by atoms with Crippen molar-refractivity contribution in [1.82, 2.24) is 5.32 Å². The number of nitrogens with zero attached hydrogens (tertiary/aromatic N) is 1. The SMILES string of the molecule is COc1ccc(CN=C(N)NCCCS(=O)(=O)c2ccccc2)cc1OC. The van der Waals surface area contributed by atoms with Crippen molar-refractivity contribution in [3.05, 3.63) is 54.1 Å². The lowest BCUT2D eigenvalue weighted by Crippen LogP contribution is -2.33. The molecule has 0 bridgehead atoms. The first-order chi connectivity index (χ1) is 13.0. The number of methoxy groups -OCH3 is 2. The third-order valence-corrected chi connectivity index (χ3v) is 5.69. The fraction of sp³-hybridized carbons (Fsp3) is 0.316. The number of hydrogen-bond acceptors (Lipinski definition) is 5. The maximum absolute atomic E-state index is 12.2. The van der Waals surface area contributed by atoms with Gasteiger partial charge in [-0.05, 0) is 36.2 Å².